The lowest BCUT2D eigenvalue weighted by atomic mass is 10.2. The van der Waals surface area contributed by atoms with Crippen LogP contribution < -0.4 is 4.90 Å². The van der Waals surface area contributed by atoms with Gasteiger partial charge in [-0.3, -0.25) is 4.79 Å². The van der Waals surface area contributed by atoms with E-state index in [1.807, 2.05) is 31.2 Å². The van der Waals surface area contributed by atoms with Crippen LogP contribution in [0.15, 0.2) is 24.3 Å². The number of thioether (sulfide) groups is 1. The largest absolute Gasteiger partial charge is 0.301 e. The predicted octanol–water partition coefficient (Wildman–Crippen LogP) is 2.60. The van der Waals surface area contributed by atoms with Gasteiger partial charge in [0.05, 0.1) is 5.88 Å². The molecule has 4 heteroatoms. The lowest BCUT2D eigenvalue weighted by Gasteiger charge is -2.15. The van der Waals surface area contributed by atoms with Gasteiger partial charge in [0, 0.05) is 5.69 Å². The molecule has 1 atom stereocenters. The Morgan fingerprint density at radius 3 is 2.93 bits per heavy atom. The first-order valence-corrected chi connectivity index (χ1v) is 5.81. The first kappa shape index (κ1) is 9.87. The molecule has 1 saturated heterocycles. The Morgan fingerprint density at radius 2 is 2.36 bits per heavy atom. The lowest BCUT2D eigenvalue weighted by Crippen LogP contribution is -2.27. The van der Waals surface area contributed by atoms with E-state index in [9.17, 15) is 4.79 Å². The third-order valence-corrected chi connectivity index (χ3v) is 3.59. The molecule has 1 amide bonds. The van der Waals surface area contributed by atoms with Crippen LogP contribution in [0.2, 0.25) is 0 Å². The minimum absolute atomic E-state index is 0.0118. The van der Waals surface area contributed by atoms with Crippen LogP contribution in [0.1, 0.15) is 5.56 Å². The molecule has 0 N–H and O–H groups in total. The van der Waals surface area contributed by atoms with Crippen molar-refractivity contribution < 1.29 is 4.79 Å². The molecule has 74 valence electrons. The van der Waals surface area contributed by atoms with Gasteiger partial charge >= 0.3 is 0 Å². The summed E-state index contributed by atoms with van der Waals surface area (Å²) >= 11 is 7.27. The van der Waals surface area contributed by atoms with E-state index in [0.29, 0.717) is 5.88 Å². The zero-order chi connectivity index (χ0) is 10.1. The fourth-order valence-electron chi connectivity index (χ4n) is 1.40. The molecule has 1 aromatic carbocycles. The number of halogens is 1. The predicted molar refractivity (Wildman–Crippen MR) is 60.8 cm³/mol. The number of anilines is 1. The third kappa shape index (κ3) is 1.74. The molecule has 0 radical (unpaired) electrons. The summed E-state index contributed by atoms with van der Waals surface area (Å²) in [5, 5.41) is 0. The van der Waals surface area contributed by atoms with Gasteiger partial charge in [-0.1, -0.05) is 12.1 Å². The van der Waals surface area contributed by atoms with Crippen LogP contribution in [-0.2, 0) is 4.79 Å². The number of carbonyl (C=O) groups is 1. The van der Waals surface area contributed by atoms with Crippen molar-refractivity contribution in [3.63, 3.8) is 0 Å². The Bertz CT molecular complexity index is 369. The standard InChI is InChI=1S/C10H10ClNOS/c1-7-3-2-4-8(5-7)12-6-14-9(11)10(12)13/h2-5,9H,6H2,1H3. The summed E-state index contributed by atoms with van der Waals surface area (Å²) in [6.45, 7) is 2.01. The van der Waals surface area contributed by atoms with E-state index in [4.69, 9.17) is 11.6 Å². The molecule has 0 aliphatic carbocycles. The van der Waals surface area contributed by atoms with Crippen molar-refractivity contribution in [3.05, 3.63) is 29.8 Å². The molecule has 0 saturated carbocycles. The van der Waals surface area contributed by atoms with Gasteiger partial charge in [0.15, 0.2) is 4.71 Å². The second-order valence-corrected chi connectivity index (χ2v) is 4.98. The number of hydrogen-bond donors (Lipinski definition) is 0. The molecule has 1 heterocycles. The number of aryl methyl sites for hydroxylation is 1. The highest BCUT2D eigenvalue weighted by Gasteiger charge is 2.31. The zero-order valence-corrected chi connectivity index (χ0v) is 9.31. The number of benzene rings is 1. The number of carbonyl (C=O) groups excluding carboxylic acids is 1. The average Bonchev–Trinajstić information content (AvgIpc) is 2.48. The average molecular weight is 228 g/mol. The Labute approximate surface area is 92.2 Å². The summed E-state index contributed by atoms with van der Waals surface area (Å²) in [6, 6.07) is 7.88. The van der Waals surface area contributed by atoms with Crippen LogP contribution in [0.25, 0.3) is 0 Å². The molecule has 14 heavy (non-hydrogen) atoms. The fraction of sp³-hybridized carbons (Fsp3) is 0.300. The highest BCUT2D eigenvalue weighted by Crippen LogP contribution is 2.31. The Hall–Kier alpha value is -0.670. The van der Waals surface area contributed by atoms with Crippen LogP contribution in [-0.4, -0.2) is 16.5 Å². The van der Waals surface area contributed by atoms with Crippen LogP contribution >= 0.6 is 23.4 Å². The van der Waals surface area contributed by atoms with Crippen LogP contribution in [0.5, 0.6) is 0 Å². The number of hydrogen-bond acceptors (Lipinski definition) is 2. The smallest absolute Gasteiger partial charge is 0.256 e. The monoisotopic (exact) mass is 227 g/mol. The van der Waals surface area contributed by atoms with Crippen molar-refractivity contribution in [1.82, 2.24) is 0 Å². The summed E-state index contributed by atoms with van der Waals surface area (Å²) in [4.78, 5) is 13.3. The molecule has 1 aromatic rings. The quantitative estimate of drug-likeness (QED) is 0.688. The van der Waals surface area contributed by atoms with E-state index in [1.54, 1.807) is 4.90 Å². The van der Waals surface area contributed by atoms with Crippen LogP contribution in [0.3, 0.4) is 0 Å². The Kier molecular flexibility index (Phi) is 2.70. The minimum Gasteiger partial charge on any atom is -0.301 e. The maximum Gasteiger partial charge on any atom is 0.256 e. The molecule has 1 aliphatic rings. The van der Waals surface area contributed by atoms with Gasteiger partial charge in [0.1, 0.15) is 0 Å². The Balaban J connectivity index is 2.28. The topological polar surface area (TPSA) is 20.3 Å². The lowest BCUT2D eigenvalue weighted by molar-refractivity contribution is -0.116. The van der Waals surface area contributed by atoms with Crippen LogP contribution in [0.4, 0.5) is 5.69 Å². The summed E-state index contributed by atoms with van der Waals surface area (Å²) in [6.07, 6.45) is 0. The molecular weight excluding hydrogens is 218 g/mol. The van der Waals surface area contributed by atoms with Gasteiger partial charge in [0.2, 0.25) is 0 Å². The molecule has 2 rings (SSSR count). The number of alkyl halides is 1. The van der Waals surface area contributed by atoms with Crippen molar-refractivity contribution in [2.75, 3.05) is 10.8 Å². The molecular formula is C10H10ClNOS. The van der Waals surface area contributed by atoms with E-state index >= 15 is 0 Å². The van der Waals surface area contributed by atoms with Crippen molar-refractivity contribution >= 4 is 35.0 Å². The van der Waals surface area contributed by atoms with Crippen LogP contribution in [0, 0.1) is 6.92 Å². The maximum absolute atomic E-state index is 11.6. The van der Waals surface area contributed by atoms with Crippen molar-refractivity contribution in [1.29, 1.82) is 0 Å². The number of amides is 1. The Morgan fingerprint density at radius 1 is 1.57 bits per heavy atom. The highest BCUT2D eigenvalue weighted by atomic mass is 35.5. The zero-order valence-electron chi connectivity index (χ0n) is 7.74. The van der Waals surface area contributed by atoms with Gasteiger partial charge in [-0.2, -0.15) is 0 Å². The normalized spacial score (nSPS) is 21.7. The third-order valence-electron chi connectivity index (χ3n) is 2.12. The molecule has 0 aromatic heterocycles. The summed E-state index contributed by atoms with van der Waals surface area (Å²) in [7, 11) is 0. The second-order valence-electron chi connectivity index (χ2n) is 3.22. The van der Waals surface area contributed by atoms with Crippen molar-refractivity contribution in [3.8, 4) is 0 Å². The molecule has 1 fully saturated rings. The molecule has 2 nitrogen and oxygen atoms in total. The van der Waals surface area contributed by atoms with Gasteiger partial charge in [-0.15, -0.1) is 23.4 Å². The highest BCUT2D eigenvalue weighted by molar-refractivity contribution is 8.02. The van der Waals surface area contributed by atoms with E-state index in [-0.39, 0.29) is 5.91 Å². The molecule has 1 aliphatic heterocycles. The van der Waals surface area contributed by atoms with Gasteiger partial charge in [0.25, 0.3) is 5.91 Å². The minimum atomic E-state index is -0.421. The van der Waals surface area contributed by atoms with E-state index in [2.05, 4.69) is 0 Å². The second kappa shape index (κ2) is 3.83. The SMILES string of the molecule is Cc1cccc(N2CSC(Cl)C2=O)c1. The van der Waals surface area contributed by atoms with Gasteiger partial charge in [-0.25, -0.2) is 0 Å². The van der Waals surface area contributed by atoms with E-state index in [0.717, 1.165) is 11.3 Å². The molecule has 1 unspecified atom stereocenters. The maximum atomic E-state index is 11.6. The summed E-state index contributed by atoms with van der Waals surface area (Å²) < 4.78 is -0.421. The first-order valence-electron chi connectivity index (χ1n) is 4.32. The van der Waals surface area contributed by atoms with Gasteiger partial charge in [-0.05, 0) is 24.6 Å². The summed E-state index contributed by atoms with van der Waals surface area (Å²) in [5.41, 5.74) is 2.09. The fourth-order valence-corrected chi connectivity index (χ4v) is 2.51. The first-order chi connectivity index (χ1) is 6.68. The van der Waals surface area contributed by atoms with Crippen molar-refractivity contribution in [2.45, 2.75) is 11.6 Å². The van der Waals surface area contributed by atoms with E-state index < -0.39 is 4.71 Å². The van der Waals surface area contributed by atoms with Gasteiger partial charge < -0.3 is 4.90 Å². The molecule has 0 bridgehead atoms. The number of nitrogens with zero attached hydrogens (tertiary/aromatic N) is 1. The van der Waals surface area contributed by atoms with E-state index in [1.165, 1.54) is 11.8 Å². The van der Waals surface area contributed by atoms with Crippen molar-refractivity contribution in [2.24, 2.45) is 0 Å². The molecule has 0 spiro atoms. The number of rotatable bonds is 1. The summed E-state index contributed by atoms with van der Waals surface area (Å²) in [5.74, 6) is 0.637.